The molecule has 0 bridgehead atoms. The van der Waals surface area contributed by atoms with Crippen molar-refractivity contribution < 1.29 is 4.79 Å². The maximum Gasteiger partial charge on any atom is 0.251 e. The number of nitrogens with zero attached hydrogens (tertiary/aromatic N) is 5. The summed E-state index contributed by atoms with van der Waals surface area (Å²) in [5, 5.41) is 12.0. The number of benzene rings is 2. The fourth-order valence-corrected chi connectivity index (χ4v) is 5.10. The van der Waals surface area contributed by atoms with Gasteiger partial charge in [-0.05, 0) is 42.2 Å². The van der Waals surface area contributed by atoms with E-state index >= 15 is 0 Å². The Labute approximate surface area is 204 Å². The average Bonchev–Trinajstić information content (AvgIpc) is 3.26. The normalized spacial score (nSPS) is 14.3. The molecule has 0 saturated carbocycles. The average molecular weight is 475 g/mol. The molecule has 176 valence electrons. The fraction of sp³-hybridized carbons (Fsp3) is 0.385. The summed E-state index contributed by atoms with van der Waals surface area (Å²) in [5.74, 6) is 0.904. The Kier molecular flexibility index (Phi) is 6.67. The van der Waals surface area contributed by atoms with Crippen LogP contribution >= 0.6 is 11.8 Å². The molecule has 2 aromatic carbocycles. The number of aromatic nitrogens is 4. The van der Waals surface area contributed by atoms with E-state index in [4.69, 9.17) is 9.97 Å². The van der Waals surface area contributed by atoms with Gasteiger partial charge in [0.2, 0.25) is 0 Å². The number of hydrogen-bond donors (Lipinski definition) is 1. The first kappa shape index (κ1) is 22.7. The molecule has 0 radical (unpaired) electrons. The van der Waals surface area contributed by atoms with Gasteiger partial charge in [-0.15, -0.1) is 0 Å². The second-order valence-electron chi connectivity index (χ2n) is 8.97. The number of carbonyl (C=O) groups excluding carboxylic acids is 1. The van der Waals surface area contributed by atoms with E-state index in [-0.39, 0.29) is 5.91 Å². The number of anilines is 1. The minimum absolute atomic E-state index is 0.0816. The number of rotatable bonds is 7. The van der Waals surface area contributed by atoms with Crippen molar-refractivity contribution in [1.82, 2.24) is 25.1 Å². The van der Waals surface area contributed by atoms with Crippen molar-refractivity contribution in [3.63, 3.8) is 0 Å². The van der Waals surface area contributed by atoms with Crippen molar-refractivity contribution >= 4 is 45.3 Å². The van der Waals surface area contributed by atoms with Crippen LogP contribution in [0, 0.1) is 0 Å². The molecule has 2 aromatic heterocycles. The Morgan fingerprint density at radius 1 is 1.06 bits per heavy atom. The molecular formula is C26H30N6OS. The molecule has 0 atom stereocenters. The lowest BCUT2D eigenvalue weighted by Crippen LogP contribution is -2.30. The predicted octanol–water partition coefficient (Wildman–Crippen LogP) is 4.90. The maximum atomic E-state index is 12.7. The Morgan fingerprint density at radius 2 is 1.85 bits per heavy atom. The van der Waals surface area contributed by atoms with Crippen LogP contribution in [0.2, 0.25) is 0 Å². The highest BCUT2D eigenvalue weighted by atomic mass is 32.2. The monoisotopic (exact) mass is 474 g/mol. The van der Waals surface area contributed by atoms with Crippen molar-refractivity contribution in [2.75, 3.05) is 24.5 Å². The number of amides is 1. The van der Waals surface area contributed by atoms with E-state index in [1.165, 1.54) is 19.3 Å². The molecule has 4 aromatic rings. The van der Waals surface area contributed by atoms with Gasteiger partial charge in [-0.2, -0.15) is 5.10 Å². The van der Waals surface area contributed by atoms with E-state index in [9.17, 15) is 4.79 Å². The Morgan fingerprint density at radius 3 is 2.65 bits per heavy atom. The first-order valence-corrected chi connectivity index (χ1v) is 12.9. The molecule has 0 aliphatic carbocycles. The zero-order valence-corrected chi connectivity index (χ0v) is 20.5. The van der Waals surface area contributed by atoms with E-state index in [1.807, 2.05) is 53.3 Å². The van der Waals surface area contributed by atoms with Gasteiger partial charge in [0, 0.05) is 30.4 Å². The van der Waals surface area contributed by atoms with Crippen LogP contribution in [0.3, 0.4) is 0 Å². The van der Waals surface area contributed by atoms with Crippen molar-refractivity contribution in [1.29, 1.82) is 0 Å². The molecule has 1 fully saturated rings. The number of carbonyl (C=O) groups is 1. The lowest BCUT2D eigenvalue weighted by molar-refractivity contribution is 0.0952. The molecule has 1 aliphatic rings. The third kappa shape index (κ3) is 4.87. The second-order valence-corrected chi connectivity index (χ2v) is 10.5. The van der Waals surface area contributed by atoms with Crippen LogP contribution in [0.5, 0.6) is 0 Å². The molecule has 0 spiro atoms. The Balaban J connectivity index is 1.34. The van der Waals surface area contributed by atoms with E-state index in [0.717, 1.165) is 45.9 Å². The highest BCUT2D eigenvalue weighted by Gasteiger charge is 2.20. The zero-order chi connectivity index (χ0) is 23.5. The van der Waals surface area contributed by atoms with E-state index in [0.29, 0.717) is 23.9 Å². The van der Waals surface area contributed by atoms with Crippen molar-refractivity contribution in [3.8, 4) is 0 Å². The second kappa shape index (κ2) is 10.0. The van der Waals surface area contributed by atoms with Crippen LogP contribution in [0.15, 0.2) is 53.8 Å². The molecule has 7 nitrogen and oxygen atoms in total. The largest absolute Gasteiger partial charge is 0.356 e. The van der Waals surface area contributed by atoms with E-state index in [2.05, 4.69) is 29.2 Å². The number of fused-ring (bicyclic) bond motifs is 2. The number of nitrogens with one attached hydrogen (secondary N) is 1. The van der Waals surface area contributed by atoms with Gasteiger partial charge in [0.15, 0.2) is 10.8 Å². The van der Waals surface area contributed by atoms with Gasteiger partial charge in [0.1, 0.15) is 5.82 Å². The highest BCUT2D eigenvalue weighted by Crippen LogP contribution is 2.30. The molecular weight excluding hydrogens is 444 g/mol. The number of piperidine rings is 1. The zero-order valence-electron chi connectivity index (χ0n) is 19.7. The predicted molar refractivity (Wildman–Crippen MR) is 139 cm³/mol. The summed E-state index contributed by atoms with van der Waals surface area (Å²) in [4.78, 5) is 24.8. The summed E-state index contributed by atoms with van der Waals surface area (Å²) < 4.78 is 1.88. The Bertz CT molecular complexity index is 1310. The molecule has 1 saturated heterocycles. The van der Waals surface area contributed by atoms with Crippen LogP contribution in [-0.2, 0) is 6.54 Å². The van der Waals surface area contributed by atoms with Crippen LogP contribution in [0.4, 0.5) is 5.82 Å². The van der Waals surface area contributed by atoms with Gasteiger partial charge in [0.25, 0.3) is 5.91 Å². The van der Waals surface area contributed by atoms with Gasteiger partial charge in [-0.3, -0.25) is 4.79 Å². The van der Waals surface area contributed by atoms with Gasteiger partial charge < -0.3 is 10.2 Å². The minimum Gasteiger partial charge on any atom is -0.356 e. The molecule has 34 heavy (non-hydrogen) atoms. The lowest BCUT2D eigenvalue weighted by atomic mass is 10.1. The third-order valence-electron chi connectivity index (χ3n) is 6.07. The molecule has 5 rings (SSSR count). The summed E-state index contributed by atoms with van der Waals surface area (Å²) >= 11 is 1.67. The highest BCUT2D eigenvalue weighted by molar-refractivity contribution is 7.99. The molecule has 0 unspecified atom stereocenters. The SMILES string of the molecule is CC(C)Sc1nc(N2CCCCC2)c2cnn(CCNC(=O)c3ccc4ccccc4c3)c2n1. The number of hydrogen-bond acceptors (Lipinski definition) is 6. The fourth-order valence-electron chi connectivity index (χ4n) is 4.40. The first-order valence-electron chi connectivity index (χ1n) is 12.0. The molecule has 1 N–H and O–H groups in total. The quantitative estimate of drug-likeness (QED) is 0.303. The van der Waals surface area contributed by atoms with Crippen molar-refractivity contribution in [2.24, 2.45) is 0 Å². The van der Waals surface area contributed by atoms with Gasteiger partial charge in [-0.25, -0.2) is 14.6 Å². The molecule has 1 aliphatic heterocycles. The van der Waals surface area contributed by atoms with Gasteiger partial charge in [0.05, 0.1) is 18.1 Å². The van der Waals surface area contributed by atoms with Gasteiger partial charge in [-0.1, -0.05) is 55.9 Å². The van der Waals surface area contributed by atoms with E-state index in [1.54, 1.807) is 11.8 Å². The Hall–Kier alpha value is -3.13. The summed E-state index contributed by atoms with van der Waals surface area (Å²) in [7, 11) is 0. The minimum atomic E-state index is -0.0816. The summed E-state index contributed by atoms with van der Waals surface area (Å²) in [6.07, 6.45) is 5.52. The van der Waals surface area contributed by atoms with Crippen LogP contribution in [0.25, 0.3) is 21.8 Å². The topological polar surface area (TPSA) is 75.9 Å². The maximum absolute atomic E-state index is 12.7. The van der Waals surface area contributed by atoms with Crippen molar-refractivity contribution in [2.45, 2.75) is 50.1 Å². The van der Waals surface area contributed by atoms with Crippen LogP contribution < -0.4 is 10.2 Å². The van der Waals surface area contributed by atoms with Crippen molar-refractivity contribution in [3.05, 3.63) is 54.2 Å². The smallest absolute Gasteiger partial charge is 0.251 e. The van der Waals surface area contributed by atoms with Crippen LogP contribution in [-0.4, -0.2) is 50.5 Å². The van der Waals surface area contributed by atoms with Gasteiger partial charge >= 0.3 is 0 Å². The molecule has 3 heterocycles. The number of thioether (sulfide) groups is 1. The molecule has 8 heteroatoms. The standard InChI is InChI=1S/C26H30N6OS/c1-18(2)34-26-29-23(31-13-6-3-7-14-31)22-17-28-32(24(22)30-26)15-12-27-25(33)21-11-10-19-8-4-5-9-20(19)16-21/h4-5,8-11,16-18H,3,6-7,12-15H2,1-2H3,(H,27,33). The summed E-state index contributed by atoms with van der Waals surface area (Å²) in [5.41, 5.74) is 1.49. The third-order valence-corrected chi connectivity index (χ3v) is 6.94. The van der Waals surface area contributed by atoms with Crippen LogP contribution in [0.1, 0.15) is 43.5 Å². The lowest BCUT2D eigenvalue weighted by Gasteiger charge is -2.28. The molecule has 1 amide bonds. The first-order chi connectivity index (χ1) is 16.6. The van der Waals surface area contributed by atoms with E-state index < -0.39 is 0 Å². The summed E-state index contributed by atoms with van der Waals surface area (Å²) in [6, 6.07) is 13.8. The summed E-state index contributed by atoms with van der Waals surface area (Å²) in [6.45, 7) is 7.36.